The van der Waals surface area contributed by atoms with Gasteiger partial charge < -0.3 is 14.8 Å². The number of carbonyl (C=O) groups excluding carboxylic acids is 1. The second-order valence-corrected chi connectivity index (χ2v) is 10.2. The largest absolute Gasteiger partial charge is 0.495 e. The maximum absolute atomic E-state index is 13.1. The Balaban J connectivity index is 1.53. The van der Waals surface area contributed by atoms with Crippen molar-refractivity contribution < 1.29 is 22.7 Å². The van der Waals surface area contributed by atoms with Gasteiger partial charge in [0.1, 0.15) is 10.6 Å². The van der Waals surface area contributed by atoms with Crippen LogP contribution in [0.3, 0.4) is 0 Å². The fraction of sp³-hybridized carbons (Fsp3) is 0.333. The molecule has 8 nitrogen and oxygen atoms in total. The zero-order valence-corrected chi connectivity index (χ0v) is 18.9. The number of methoxy groups -OCH3 is 1. The molecule has 0 unspecified atom stereocenters. The highest BCUT2D eigenvalue weighted by atomic mass is 32.2. The van der Waals surface area contributed by atoms with Gasteiger partial charge in [0.2, 0.25) is 15.9 Å². The van der Waals surface area contributed by atoms with Gasteiger partial charge in [0.25, 0.3) is 0 Å². The number of morpholine rings is 1. The summed E-state index contributed by atoms with van der Waals surface area (Å²) < 4.78 is 39.1. The third kappa shape index (κ3) is 4.72. The van der Waals surface area contributed by atoms with Crippen LogP contribution in [-0.4, -0.2) is 57.0 Å². The fourth-order valence-electron chi connectivity index (χ4n) is 3.39. The first-order valence-electron chi connectivity index (χ1n) is 9.78. The Morgan fingerprint density at radius 2 is 2.00 bits per heavy atom. The van der Waals surface area contributed by atoms with E-state index in [1.54, 1.807) is 12.1 Å². The number of aromatic nitrogens is 1. The summed E-state index contributed by atoms with van der Waals surface area (Å²) in [4.78, 5) is 17.1. The zero-order chi connectivity index (χ0) is 22.0. The number of nitrogens with one attached hydrogen (secondary N) is 1. The Kier molecular flexibility index (Phi) is 6.24. The highest BCUT2D eigenvalue weighted by molar-refractivity contribution is 7.89. The van der Waals surface area contributed by atoms with Gasteiger partial charge in [0.15, 0.2) is 5.13 Å². The van der Waals surface area contributed by atoms with Gasteiger partial charge >= 0.3 is 0 Å². The van der Waals surface area contributed by atoms with E-state index in [2.05, 4.69) is 10.3 Å². The summed E-state index contributed by atoms with van der Waals surface area (Å²) in [7, 11) is -2.33. The van der Waals surface area contributed by atoms with Gasteiger partial charge in [-0.2, -0.15) is 4.31 Å². The Morgan fingerprint density at radius 3 is 2.74 bits per heavy atom. The first-order valence-corrected chi connectivity index (χ1v) is 12.0. The number of ether oxygens (including phenoxy) is 2. The molecule has 4 rings (SSSR count). The molecule has 0 atom stereocenters. The van der Waals surface area contributed by atoms with Gasteiger partial charge in [-0.3, -0.25) is 4.79 Å². The van der Waals surface area contributed by atoms with Crippen molar-refractivity contribution in [1.82, 2.24) is 9.29 Å². The Bertz CT molecular complexity index is 1220. The predicted octanol–water partition coefficient (Wildman–Crippen LogP) is 2.82. The van der Waals surface area contributed by atoms with E-state index in [4.69, 9.17) is 9.47 Å². The average Bonchev–Trinajstić information content (AvgIpc) is 3.15. The van der Waals surface area contributed by atoms with Crippen molar-refractivity contribution in [3.63, 3.8) is 0 Å². The van der Waals surface area contributed by atoms with Gasteiger partial charge in [0, 0.05) is 13.1 Å². The number of fused-ring (bicyclic) bond motifs is 1. The summed E-state index contributed by atoms with van der Waals surface area (Å²) >= 11 is 1.41. The van der Waals surface area contributed by atoms with Gasteiger partial charge in [-0.15, -0.1) is 0 Å². The van der Waals surface area contributed by atoms with E-state index in [-0.39, 0.29) is 36.1 Å². The minimum Gasteiger partial charge on any atom is -0.495 e. The number of anilines is 1. The number of hydrogen-bond acceptors (Lipinski definition) is 7. The molecule has 0 aliphatic carbocycles. The summed E-state index contributed by atoms with van der Waals surface area (Å²) in [6.45, 7) is 3.28. The molecule has 1 N–H and O–H groups in total. The third-order valence-corrected chi connectivity index (χ3v) is 7.82. The van der Waals surface area contributed by atoms with Gasteiger partial charge in [-0.05, 0) is 42.3 Å². The molecule has 1 saturated heterocycles. The number of amides is 1. The number of hydrogen-bond donors (Lipinski definition) is 1. The van der Waals surface area contributed by atoms with Crippen molar-refractivity contribution in [3.8, 4) is 5.75 Å². The predicted molar refractivity (Wildman–Crippen MR) is 119 cm³/mol. The van der Waals surface area contributed by atoms with E-state index in [0.717, 1.165) is 15.8 Å². The zero-order valence-electron chi connectivity index (χ0n) is 17.3. The van der Waals surface area contributed by atoms with Crippen molar-refractivity contribution in [2.75, 3.05) is 38.7 Å². The van der Waals surface area contributed by atoms with Crippen molar-refractivity contribution in [2.24, 2.45) is 0 Å². The van der Waals surface area contributed by atoms with E-state index in [9.17, 15) is 13.2 Å². The van der Waals surface area contributed by atoms with Crippen LogP contribution in [0.5, 0.6) is 5.75 Å². The second-order valence-electron chi connectivity index (χ2n) is 7.22. The number of benzene rings is 2. The first kappa shape index (κ1) is 21.7. The van der Waals surface area contributed by atoms with Gasteiger partial charge in [-0.25, -0.2) is 13.4 Å². The molecule has 10 heteroatoms. The van der Waals surface area contributed by atoms with Crippen LogP contribution in [0, 0.1) is 6.92 Å². The van der Waals surface area contributed by atoms with Crippen molar-refractivity contribution in [3.05, 3.63) is 47.5 Å². The van der Waals surface area contributed by atoms with Crippen LogP contribution in [0.4, 0.5) is 5.13 Å². The van der Waals surface area contributed by atoms with E-state index < -0.39 is 10.0 Å². The topological polar surface area (TPSA) is 97.8 Å². The summed E-state index contributed by atoms with van der Waals surface area (Å²) in [5.41, 5.74) is 2.53. The Hall–Kier alpha value is -2.53. The molecule has 2 aromatic carbocycles. The molecule has 0 saturated carbocycles. The van der Waals surface area contributed by atoms with Crippen molar-refractivity contribution >= 4 is 42.6 Å². The van der Waals surface area contributed by atoms with E-state index in [1.165, 1.54) is 28.8 Å². The Labute approximate surface area is 184 Å². The highest BCUT2D eigenvalue weighted by Crippen LogP contribution is 2.29. The summed E-state index contributed by atoms with van der Waals surface area (Å²) in [5.74, 6) is -0.0205. The second kappa shape index (κ2) is 8.91. The van der Waals surface area contributed by atoms with Crippen LogP contribution in [0.1, 0.15) is 11.1 Å². The lowest BCUT2D eigenvalue weighted by atomic mass is 10.1. The van der Waals surface area contributed by atoms with E-state index >= 15 is 0 Å². The average molecular weight is 462 g/mol. The van der Waals surface area contributed by atoms with Crippen LogP contribution in [0.2, 0.25) is 0 Å². The molecule has 1 aromatic heterocycles. The maximum atomic E-state index is 13.1. The molecule has 1 aliphatic heterocycles. The molecule has 31 heavy (non-hydrogen) atoms. The summed E-state index contributed by atoms with van der Waals surface area (Å²) in [5, 5.41) is 3.32. The normalized spacial score (nSPS) is 15.2. The number of thiazole rings is 1. The quantitative estimate of drug-likeness (QED) is 0.606. The standard InChI is InChI=1S/C21H23N3O5S2/c1-14-3-5-16-18(11-14)30-21(22-16)23-20(25)13-15-4-6-17(28-2)19(12-15)31(26,27)24-7-9-29-10-8-24/h3-6,11-12H,7-10,13H2,1-2H3,(H,22,23,25). The number of carbonyl (C=O) groups is 1. The van der Waals surface area contributed by atoms with Crippen LogP contribution in [0.25, 0.3) is 10.2 Å². The SMILES string of the molecule is COc1ccc(CC(=O)Nc2nc3ccc(C)cc3s2)cc1S(=O)(=O)N1CCOCC1. The summed E-state index contributed by atoms with van der Waals surface area (Å²) in [6, 6.07) is 10.7. The van der Waals surface area contributed by atoms with Crippen LogP contribution in [-0.2, 0) is 26.0 Å². The number of rotatable bonds is 6. The van der Waals surface area contributed by atoms with Crippen LogP contribution < -0.4 is 10.1 Å². The van der Waals surface area contributed by atoms with E-state index in [0.29, 0.717) is 23.9 Å². The lowest BCUT2D eigenvalue weighted by Gasteiger charge is -2.26. The highest BCUT2D eigenvalue weighted by Gasteiger charge is 2.29. The monoisotopic (exact) mass is 461 g/mol. The molecule has 1 aliphatic rings. The lowest BCUT2D eigenvalue weighted by molar-refractivity contribution is -0.115. The minimum atomic E-state index is -3.76. The van der Waals surface area contributed by atoms with Gasteiger partial charge in [-0.1, -0.05) is 23.5 Å². The molecular weight excluding hydrogens is 438 g/mol. The molecule has 1 fully saturated rings. The van der Waals surface area contributed by atoms with Crippen LogP contribution >= 0.6 is 11.3 Å². The van der Waals surface area contributed by atoms with Crippen molar-refractivity contribution in [1.29, 1.82) is 0 Å². The fourth-order valence-corrected chi connectivity index (χ4v) is 5.99. The number of sulfonamides is 1. The third-order valence-electron chi connectivity index (χ3n) is 4.97. The molecule has 2 heterocycles. The Morgan fingerprint density at radius 1 is 1.23 bits per heavy atom. The number of aryl methyl sites for hydroxylation is 1. The molecule has 0 bridgehead atoms. The van der Waals surface area contributed by atoms with Crippen LogP contribution in [0.15, 0.2) is 41.3 Å². The molecule has 1 amide bonds. The van der Waals surface area contributed by atoms with Gasteiger partial charge in [0.05, 0.1) is 37.0 Å². The van der Waals surface area contributed by atoms with Crippen molar-refractivity contribution in [2.45, 2.75) is 18.2 Å². The summed E-state index contributed by atoms with van der Waals surface area (Å²) in [6.07, 6.45) is 0.0184. The first-order chi connectivity index (χ1) is 14.9. The molecule has 0 radical (unpaired) electrons. The maximum Gasteiger partial charge on any atom is 0.246 e. The molecule has 3 aromatic rings. The minimum absolute atomic E-state index is 0.0184. The smallest absolute Gasteiger partial charge is 0.246 e. The molecular formula is C21H23N3O5S2. The molecule has 0 spiro atoms. The molecule has 164 valence electrons. The lowest BCUT2D eigenvalue weighted by Crippen LogP contribution is -2.40. The van der Waals surface area contributed by atoms with E-state index in [1.807, 2.05) is 25.1 Å². The number of nitrogens with zero attached hydrogens (tertiary/aromatic N) is 2.